The first kappa shape index (κ1) is 107. The summed E-state index contributed by atoms with van der Waals surface area (Å²) in [7, 11) is 9.90. The molecule has 45 heteroatoms. The van der Waals surface area contributed by atoms with Gasteiger partial charge in [-0.25, -0.2) is 23.5 Å². The molecule has 3 saturated heterocycles. The van der Waals surface area contributed by atoms with Crippen molar-refractivity contribution in [2.75, 3.05) is 121 Å². The van der Waals surface area contributed by atoms with Gasteiger partial charge >= 0.3 is 84.2 Å². The number of methoxy groups -OCH3 is 3. The van der Waals surface area contributed by atoms with E-state index in [-0.39, 0.29) is 140 Å². The topological polar surface area (TPSA) is 536 Å². The van der Waals surface area contributed by atoms with Crippen LogP contribution in [0.2, 0.25) is 0 Å². The quantitative estimate of drug-likeness (QED) is 0.0104. The number of nitrogens with zero attached hydrogens (tertiary/aromatic N) is 17. The van der Waals surface area contributed by atoms with E-state index >= 15 is 0 Å². The zero-order valence-corrected chi connectivity index (χ0v) is 70.1. The Bertz CT molecular complexity index is 4390. The minimum atomic E-state index is -1.22. The first-order valence-electron chi connectivity index (χ1n) is 36.1. The van der Waals surface area contributed by atoms with Crippen molar-refractivity contribution >= 4 is 90.6 Å². The number of halogens is 1. The van der Waals surface area contributed by atoms with Gasteiger partial charge in [-0.2, -0.15) is 0 Å². The predicted octanol–water partition coefficient (Wildman–Crippen LogP) is -4.78. The van der Waals surface area contributed by atoms with E-state index in [1.807, 2.05) is 14.1 Å². The molecule has 11 rings (SSSR count). The Morgan fingerprint density at radius 1 is 0.442 bits per heavy atom. The van der Waals surface area contributed by atoms with Crippen molar-refractivity contribution in [2.24, 2.45) is 5.73 Å². The van der Waals surface area contributed by atoms with Gasteiger partial charge in [-0.3, -0.25) is 52.7 Å². The number of carboxylic acid groups (broad SMARTS) is 3. The van der Waals surface area contributed by atoms with Crippen molar-refractivity contribution in [3.63, 3.8) is 0 Å². The van der Waals surface area contributed by atoms with Gasteiger partial charge in [0.1, 0.15) is 24.2 Å². The van der Waals surface area contributed by atoms with Crippen molar-refractivity contribution < 1.29 is 142 Å². The Morgan fingerprint density at radius 2 is 0.717 bits per heavy atom. The minimum Gasteiger partial charge on any atom is -1.00 e. The number of carboxylic acids is 3. The summed E-state index contributed by atoms with van der Waals surface area (Å²) in [6.45, 7) is 10.1. The number of carbonyl (C=O) groups is 12. The molecule has 4 aromatic heterocycles. The van der Waals surface area contributed by atoms with E-state index in [2.05, 4.69) is 98.5 Å². The van der Waals surface area contributed by atoms with Gasteiger partial charge in [0, 0.05) is 135 Å². The van der Waals surface area contributed by atoms with Crippen molar-refractivity contribution in [2.45, 2.75) is 83.0 Å². The molecular formula is C75H101BClLiN22NaO19. The van der Waals surface area contributed by atoms with E-state index in [0.29, 0.717) is 54.1 Å². The maximum atomic E-state index is 13.0. The van der Waals surface area contributed by atoms with Crippen molar-refractivity contribution in [1.29, 1.82) is 0 Å². The van der Waals surface area contributed by atoms with Crippen LogP contribution in [0.25, 0.3) is 22.7 Å². The van der Waals surface area contributed by atoms with Crippen LogP contribution in [-0.4, -0.2) is 329 Å². The van der Waals surface area contributed by atoms with E-state index in [9.17, 15) is 57.5 Å². The minimum absolute atomic E-state index is 0. The van der Waals surface area contributed by atoms with Crippen LogP contribution >= 0.6 is 11.6 Å². The van der Waals surface area contributed by atoms with E-state index in [1.165, 1.54) is 45.3 Å². The zero-order chi connectivity index (χ0) is 83.8. The SMILES string of the molecule is C.CN1CCN(C(=O)[C@H](CCC(=O)O)NC(=O)c2ccc(-n3ccnn3)cc2)CC1.CN1CCNCC1.COC(=O)CC[C@H](N)C(=O)O.COC(=O)CC[C@H](NC(=O)c1ccc(-n2ccnn2)cc1)C(=O)N1CCN(C)CC1.COC(=O)CC[C@H](NC(=O)c1ccc(-n2ccnn2)cc1)C(=O)O.O=C(Cl)c1ccc(-n2ccnn2)cc1.[B].[H-].[Li+].[Na+].[OH-]. The maximum Gasteiger partial charge on any atom is 1.00 e. The smallest absolute Gasteiger partial charge is 1.00 e. The van der Waals surface area contributed by atoms with Crippen LogP contribution in [0.3, 0.4) is 0 Å². The molecule has 3 fully saturated rings. The van der Waals surface area contributed by atoms with Crippen molar-refractivity contribution in [1.82, 2.24) is 106 Å². The third kappa shape index (κ3) is 37.5. The molecule has 4 atom stereocenters. The van der Waals surface area contributed by atoms with Crippen LogP contribution < -0.4 is 75.4 Å². The number of rotatable bonds is 27. The molecule has 0 unspecified atom stereocenters. The van der Waals surface area contributed by atoms with Crippen LogP contribution in [0, 0.1) is 0 Å². The number of piperazine rings is 3. The Morgan fingerprint density at radius 3 is 0.967 bits per heavy atom. The number of hydrogen-bond donors (Lipinski definition) is 8. The molecule has 4 aromatic carbocycles. The molecule has 41 nitrogen and oxygen atoms in total. The van der Waals surface area contributed by atoms with Gasteiger partial charge in [0.15, 0.2) is 0 Å². The molecule has 3 aliphatic heterocycles. The number of nitrogens with two attached hydrogens (primary N) is 1. The number of nitrogens with one attached hydrogen (secondary N) is 4. The number of aromatic nitrogens is 12. The fourth-order valence-electron chi connectivity index (χ4n) is 10.7. The van der Waals surface area contributed by atoms with E-state index < -0.39 is 77.0 Å². The molecule has 0 saturated carbocycles. The van der Waals surface area contributed by atoms with Gasteiger partial charge < -0.3 is 87.9 Å². The van der Waals surface area contributed by atoms with Gasteiger partial charge in [-0.05, 0) is 155 Å². The van der Waals surface area contributed by atoms with Gasteiger partial charge in [0.2, 0.25) is 11.8 Å². The third-order valence-corrected chi connectivity index (χ3v) is 17.8. The Kier molecular flexibility index (Phi) is 51.0. The third-order valence-electron chi connectivity index (χ3n) is 17.6. The summed E-state index contributed by atoms with van der Waals surface area (Å²) in [6, 6.07) is 22.9. The van der Waals surface area contributed by atoms with Crippen LogP contribution in [0.4, 0.5) is 0 Å². The zero-order valence-electron chi connectivity index (χ0n) is 68.4. The van der Waals surface area contributed by atoms with E-state index in [0.717, 1.165) is 56.3 Å². The number of carbonyl (C=O) groups excluding carboxylic acids is 9. The van der Waals surface area contributed by atoms with Gasteiger partial charge in [-0.1, -0.05) is 28.3 Å². The second-order valence-corrected chi connectivity index (χ2v) is 26.1. The largest absolute Gasteiger partial charge is 1.00 e. The van der Waals surface area contributed by atoms with Gasteiger partial charge in [0.25, 0.3) is 23.0 Å². The van der Waals surface area contributed by atoms with Gasteiger partial charge in [-0.15, -0.1) is 20.4 Å². The summed E-state index contributed by atoms with van der Waals surface area (Å²) in [6.07, 6.45) is 13.1. The predicted molar refractivity (Wildman–Crippen MR) is 427 cm³/mol. The van der Waals surface area contributed by atoms with Crippen LogP contribution in [0.1, 0.15) is 102 Å². The van der Waals surface area contributed by atoms with Crippen LogP contribution in [-0.2, 0) is 52.6 Å². The first-order valence-corrected chi connectivity index (χ1v) is 36.5. The Balaban J connectivity index is 0.00000149. The molecule has 10 N–H and O–H groups in total. The molecule has 7 heterocycles. The average molecular weight is 1690 g/mol. The van der Waals surface area contributed by atoms with E-state index in [4.69, 9.17) is 32.7 Å². The number of ether oxygens (including phenoxy) is 3. The summed E-state index contributed by atoms with van der Waals surface area (Å²) in [4.78, 5) is 150. The summed E-state index contributed by atoms with van der Waals surface area (Å²) in [5.74, 6) is -6.49. The number of aliphatic carboxylic acids is 3. The summed E-state index contributed by atoms with van der Waals surface area (Å²) < 4.78 is 19.7. The monoisotopic (exact) mass is 1690 g/mol. The first-order chi connectivity index (χ1) is 55.2. The van der Waals surface area contributed by atoms with Crippen molar-refractivity contribution in [3.8, 4) is 22.7 Å². The van der Waals surface area contributed by atoms with Gasteiger partial charge in [0.05, 0.1) is 93.7 Å². The summed E-state index contributed by atoms with van der Waals surface area (Å²) in [5, 5.41) is 67.4. The molecular weight excluding hydrogens is 1590 g/mol. The maximum absolute atomic E-state index is 13.0. The molecule has 8 aromatic rings. The fourth-order valence-corrected chi connectivity index (χ4v) is 10.8. The Labute approximate surface area is 735 Å². The Hall–Kier alpha value is -11.0. The molecule has 0 aliphatic carbocycles. The summed E-state index contributed by atoms with van der Waals surface area (Å²) >= 11 is 5.31. The summed E-state index contributed by atoms with van der Waals surface area (Å²) in [5.41, 5.74) is 9.72. The number of esters is 3. The molecule has 3 radical (unpaired) electrons. The molecule has 0 spiro atoms. The number of benzene rings is 4. The fraction of sp³-hybridized carbons (Fsp3) is 0.413. The molecule has 3 aliphatic rings. The second-order valence-electron chi connectivity index (χ2n) is 25.8. The number of hydrogen-bond acceptors (Lipinski definition) is 29. The molecule has 120 heavy (non-hydrogen) atoms. The number of amides is 5. The standard InChI is InChI=1S/C20H26N6O4.C19H24N6O4.C15H16N4O5.C9H6ClN3O.C6H11NO4.C5H12N2.CH4.B.Li.Na.H2O.H/c1-24-11-13-25(14-12-24)20(29)17(7-8-18(27)30-2)22-19(28)15-3-5-16(6-4-15)26-10-9-21-23-26;1-23-10-12-24(13-11-23)19(29)16(6-7-17(26)27)21-18(28)14-2-4-15(5-3-14)25-9-8-20-22-25;1-24-13(20)7-6-12(15(22)23)17-14(21)10-2-4-11(5-3-10)19-9-8-16-18-19;10-9(14)7-1-3-8(4-2-7)13-6-5-11-12-13;1-11-5(8)3-2-4(7)6(9)10;1-7-4-2-6-3-5-7;;;;;;/h3-6,9-10,17H,7-8,11-14H2,1-2H3,(H,22,28);2-5,8-9,16H,6-7,10-13H2,1H3,(H,21,28)(H,26,27);2-5,8-9,12H,6-7H2,1H3,(H,17,21)(H,22,23);1-6H;4H,2-3,7H2,1H3,(H,9,10);6H,2-5H2,1H3;1H4;;;;1H2;/q;;;;;;;;2*+1;;-1/p-1/t17-;16-;12-;;4-;;;;;;;/m000.0......./s1. The molecule has 637 valence electrons. The molecule has 5 amide bonds. The normalized spacial score (nSPS) is 13.7. The average Bonchev–Trinajstić information content (AvgIpc) is 1.73. The van der Waals surface area contributed by atoms with Crippen LogP contribution in [0.5, 0.6) is 0 Å². The number of likely N-dealkylation sites (N-methyl/N-ethyl adjacent to an activating group) is 3. The van der Waals surface area contributed by atoms with Crippen molar-refractivity contribution in [3.05, 3.63) is 169 Å². The molecule has 0 bridgehead atoms. The van der Waals surface area contributed by atoms with Crippen LogP contribution in [0.15, 0.2) is 147 Å². The second kappa shape index (κ2) is 57.2. The van der Waals surface area contributed by atoms with E-state index in [1.54, 1.807) is 164 Å².